The quantitative estimate of drug-likeness (QED) is 0.141. The maximum atomic E-state index is 13.9. The molecule has 0 bridgehead atoms. The van der Waals surface area contributed by atoms with Gasteiger partial charge in [0.05, 0.1) is 0 Å². The Hall–Kier alpha value is -5.33. The predicted octanol–water partition coefficient (Wildman–Crippen LogP) is 8.57. The van der Waals surface area contributed by atoms with Crippen LogP contribution in [0.4, 0.5) is 0 Å². The molecule has 0 aliphatic carbocycles. The molecule has 0 unspecified atom stereocenters. The molecule has 4 nitrogen and oxygen atoms in total. The van der Waals surface area contributed by atoms with Crippen LogP contribution in [0.3, 0.4) is 0 Å². The molecule has 8 aromatic rings. The Balaban J connectivity index is 0.00000361. The molecule has 0 atom stereocenters. The summed E-state index contributed by atoms with van der Waals surface area (Å²) in [5, 5.41) is 3.66. The Bertz CT molecular complexity index is 2390. The van der Waals surface area contributed by atoms with Crippen LogP contribution >= 0.6 is 7.82 Å². The van der Waals surface area contributed by atoms with E-state index in [1.54, 1.807) is 0 Å². The fraction of sp³-hybridized carbons (Fsp3) is 0. The summed E-state index contributed by atoms with van der Waals surface area (Å²) in [4.78, 5) is 13.9. The second-order valence-electron chi connectivity index (χ2n) is 12.2. The topological polar surface area (TPSA) is 58.6 Å². The average molecular weight is 659 g/mol. The van der Waals surface area contributed by atoms with Gasteiger partial charge in [-0.25, -0.2) is 4.57 Å². The van der Waals surface area contributed by atoms with Gasteiger partial charge in [-0.1, -0.05) is 158 Å². The first-order chi connectivity index (χ1) is 24.0. The van der Waals surface area contributed by atoms with Crippen molar-refractivity contribution >= 4 is 29.4 Å². The Morgan fingerprint density at radius 3 is 1.12 bits per heavy atom. The van der Waals surface area contributed by atoms with Gasteiger partial charge >= 0.3 is 26.7 Å². The molecule has 0 N–H and O–H groups in total. The Morgan fingerprint density at radius 1 is 0.400 bits per heavy atom. The van der Waals surface area contributed by atoms with E-state index in [2.05, 4.69) is 48.5 Å². The first-order valence-electron chi connectivity index (χ1n) is 16.2. The second kappa shape index (κ2) is 12.8. The summed E-state index contributed by atoms with van der Waals surface area (Å²) < 4.78 is 26.0. The Morgan fingerprint density at radius 2 is 0.720 bits per heavy atom. The molecule has 50 heavy (non-hydrogen) atoms. The van der Waals surface area contributed by atoms with E-state index in [9.17, 15) is 9.46 Å². The van der Waals surface area contributed by atoms with Crippen LogP contribution in [0.1, 0.15) is 0 Å². The van der Waals surface area contributed by atoms with Crippen LogP contribution in [0.15, 0.2) is 170 Å². The van der Waals surface area contributed by atoms with Gasteiger partial charge in [-0.05, 0) is 67.1 Å². The Kier molecular flexibility index (Phi) is 8.20. The summed E-state index contributed by atoms with van der Waals surface area (Å²) in [6, 6.07) is 56.7. The van der Waals surface area contributed by atoms with E-state index >= 15 is 0 Å². The number of hydrogen-bond donors (Lipinski definition) is 0. The van der Waals surface area contributed by atoms with Crippen LogP contribution in [0.2, 0.25) is 0 Å². The first kappa shape index (κ1) is 31.9. The van der Waals surface area contributed by atoms with Gasteiger partial charge in [-0.3, -0.25) is 0 Å². The van der Waals surface area contributed by atoms with E-state index in [4.69, 9.17) is 9.05 Å². The molecule has 1 heterocycles. The van der Waals surface area contributed by atoms with Gasteiger partial charge in [0, 0.05) is 22.3 Å². The van der Waals surface area contributed by atoms with Crippen molar-refractivity contribution in [1.29, 1.82) is 0 Å². The van der Waals surface area contributed by atoms with Crippen LogP contribution < -0.4 is 32.8 Å². The van der Waals surface area contributed by atoms with E-state index in [1.807, 2.05) is 121 Å². The van der Waals surface area contributed by atoms with Gasteiger partial charge in [0.2, 0.25) is 0 Å². The zero-order chi connectivity index (χ0) is 33.0. The van der Waals surface area contributed by atoms with E-state index in [0.717, 1.165) is 54.9 Å². The van der Waals surface area contributed by atoms with E-state index < -0.39 is 7.82 Å². The number of phosphoric ester groups is 1. The molecule has 0 saturated heterocycles. The van der Waals surface area contributed by atoms with Gasteiger partial charge in [-0.2, -0.15) is 0 Å². The summed E-state index contributed by atoms with van der Waals surface area (Å²) in [6.07, 6.45) is 0. The van der Waals surface area contributed by atoms with E-state index in [0.29, 0.717) is 22.3 Å². The second-order valence-corrected chi connectivity index (χ2v) is 13.5. The number of rotatable bonds is 4. The fourth-order valence-corrected chi connectivity index (χ4v) is 7.82. The Labute approximate surface area is 302 Å². The minimum atomic E-state index is -4.91. The van der Waals surface area contributed by atoms with Gasteiger partial charge in [0.15, 0.2) is 0 Å². The van der Waals surface area contributed by atoms with Crippen molar-refractivity contribution in [1.82, 2.24) is 0 Å². The molecule has 0 saturated carbocycles. The molecule has 0 radical (unpaired) electrons. The van der Waals surface area contributed by atoms with Crippen LogP contribution in [0, 0.1) is 0 Å². The molecule has 0 aromatic heterocycles. The maximum Gasteiger partial charge on any atom is 1.00 e. The van der Waals surface area contributed by atoms with E-state index in [-0.39, 0.29) is 30.4 Å². The molecule has 6 heteroatoms. The number of hydrogen-bond acceptors (Lipinski definition) is 4. The van der Waals surface area contributed by atoms with Crippen molar-refractivity contribution in [3.63, 3.8) is 0 Å². The van der Waals surface area contributed by atoms with Crippen molar-refractivity contribution in [3.8, 4) is 67.1 Å². The summed E-state index contributed by atoms with van der Waals surface area (Å²) in [5.41, 5.74) is 8.71. The average Bonchev–Trinajstić information content (AvgIpc) is 3.28. The first-order valence-corrected chi connectivity index (χ1v) is 17.6. The monoisotopic (exact) mass is 658 g/mol. The van der Waals surface area contributed by atoms with E-state index in [1.165, 1.54) is 0 Å². The molecule has 0 amide bonds. The summed E-state index contributed by atoms with van der Waals surface area (Å²) in [6.45, 7) is 0. The normalized spacial score (nSPS) is 12.9. The van der Waals surface area contributed by atoms with Crippen molar-refractivity contribution in [2.45, 2.75) is 0 Å². The summed E-state index contributed by atoms with van der Waals surface area (Å²) in [5.74, 6) is 0.509. The largest absolute Gasteiger partial charge is 1.00 e. The molecular weight excluding hydrogens is 630 g/mol. The van der Waals surface area contributed by atoms with Crippen molar-refractivity contribution in [3.05, 3.63) is 170 Å². The molecular formula is C44H28LiO4P. The van der Waals surface area contributed by atoms with Crippen molar-refractivity contribution in [2.75, 3.05) is 0 Å². The molecule has 1 aliphatic rings. The van der Waals surface area contributed by atoms with Gasteiger partial charge in [0.25, 0.3) is 0 Å². The molecule has 0 spiro atoms. The molecule has 0 fully saturated rings. The zero-order valence-electron chi connectivity index (χ0n) is 27.2. The third kappa shape index (κ3) is 5.63. The number of phosphoric acid groups is 1. The smallest absolute Gasteiger partial charge is 0.736 e. The molecule has 234 valence electrons. The molecule has 1 aliphatic heterocycles. The number of benzene rings is 8. The zero-order valence-corrected chi connectivity index (χ0v) is 28.1. The van der Waals surface area contributed by atoms with Gasteiger partial charge in [0.1, 0.15) is 11.5 Å². The minimum absolute atomic E-state index is 0. The van der Waals surface area contributed by atoms with Crippen LogP contribution in [-0.2, 0) is 4.57 Å². The predicted molar refractivity (Wildman–Crippen MR) is 197 cm³/mol. The fourth-order valence-electron chi connectivity index (χ4n) is 6.96. The third-order valence-corrected chi connectivity index (χ3v) is 10.1. The summed E-state index contributed by atoms with van der Waals surface area (Å²) >= 11 is 0. The summed E-state index contributed by atoms with van der Waals surface area (Å²) in [7, 11) is -4.91. The van der Waals surface area contributed by atoms with Crippen LogP contribution in [-0.4, -0.2) is 0 Å². The molecule has 8 aromatic carbocycles. The SMILES string of the molecule is O=P1([O-])Oc2c(-c3ccc(-c4ccccc4)cc3)cc3ccccc3c2-c2c(c(-c3ccc(-c4ccccc4)cc3)cc3ccccc23)O1.[Li+]. The third-order valence-electron chi connectivity index (χ3n) is 9.27. The number of fused-ring (bicyclic) bond motifs is 7. The van der Waals surface area contributed by atoms with Crippen molar-refractivity contribution in [2.24, 2.45) is 0 Å². The van der Waals surface area contributed by atoms with Crippen molar-refractivity contribution < 1.29 is 37.4 Å². The van der Waals surface area contributed by atoms with Gasteiger partial charge in [-0.15, -0.1) is 0 Å². The van der Waals surface area contributed by atoms with Crippen LogP contribution in [0.25, 0.3) is 77.2 Å². The van der Waals surface area contributed by atoms with Gasteiger partial charge < -0.3 is 13.9 Å². The minimum Gasteiger partial charge on any atom is -0.736 e. The van der Waals surface area contributed by atoms with Crippen LogP contribution in [0.5, 0.6) is 11.5 Å². The molecule has 9 rings (SSSR count). The standard InChI is InChI=1S/C44H29O4P.Li/c45-49(46)47-43-39(33-23-19-31(20-24-33)29-11-3-1-4-12-29)27-35-15-7-9-17-37(35)41(43)42-38-18-10-8-16-36(38)28-40(44(42)48-49)34-25-21-32(22-26-34)30-13-5-2-6-14-30;/h1-28H,(H,45,46);/q;+1/p-1. The maximum absolute atomic E-state index is 13.9.